The van der Waals surface area contributed by atoms with Gasteiger partial charge in [0.15, 0.2) is 0 Å². The van der Waals surface area contributed by atoms with Crippen molar-refractivity contribution in [1.82, 2.24) is 0 Å². The topological polar surface area (TPSA) is 82.1 Å². The summed E-state index contributed by atoms with van der Waals surface area (Å²) >= 11 is 0. The molecule has 0 amide bonds. The largest absolute Gasteiger partial charge is 0.503 e. The van der Waals surface area contributed by atoms with Crippen molar-refractivity contribution in [3.8, 4) is 0 Å². The molecule has 0 aliphatic heterocycles. The van der Waals surface area contributed by atoms with Crippen LogP contribution in [-0.4, -0.2) is 44.5 Å². The van der Waals surface area contributed by atoms with Crippen molar-refractivity contribution in [2.24, 2.45) is 0 Å². The van der Waals surface area contributed by atoms with Gasteiger partial charge in [0, 0.05) is 14.2 Å². The summed E-state index contributed by atoms with van der Waals surface area (Å²) in [6.45, 7) is 0. The molecule has 0 aromatic rings. The lowest BCUT2D eigenvalue weighted by molar-refractivity contribution is -0.155. The first kappa shape index (κ1) is 12.6. The Bertz CT molecular complexity index is 240. The summed E-state index contributed by atoms with van der Waals surface area (Å²) in [5, 5.41) is 8.63. The summed E-state index contributed by atoms with van der Waals surface area (Å²) < 4.78 is 13.7. The molecule has 6 nitrogen and oxygen atoms in total. The van der Waals surface area contributed by atoms with Crippen molar-refractivity contribution in [1.29, 1.82) is 0 Å². The zero-order valence-corrected chi connectivity index (χ0v) is 8.14. The second-order valence-electron chi connectivity index (χ2n) is 2.24. The van der Waals surface area contributed by atoms with Gasteiger partial charge in [-0.3, -0.25) is 4.79 Å². The quantitative estimate of drug-likeness (QED) is 0.212. The van der Waals surface area contributed by atoms with E-state index in [-0.39, 0.29) is 0 Å². The smallest absolute Gasteiger partial charge is 0.342 e. The van der Waals surface area contributed by atoms with Crippen LogP contribution < -0.4 is 0 Å². The van der Waals surface area contributed by atoms with Gasteiger partial charge in [0.25, 0.3) is 0 Å². The molecule has 80 valence electrons. The average Bonchev–Trinajstić information content (AvgIpc) is 2.15. The Morgan fingerprint density at radius 3 is 2.00 bits per heavy atom. The number of ether oxygens (including phenoxy) is 3. The molecule has 0 fully saturated rings. The summed E-state index contributed by atoms with van der Waals surface area (Å²) in [6.07, 6.45) is -0.400. The highest BCUT2D eigenvalue weighted by molar-refractivity contribution is 6.17. The number of Topliss-reactive ketones (excluding diaryl/α,β-unsaturated/α-hetero) is 1. The van der Waals surface area contributed by atoms with Crippen LogP contribution >= 0.6 is 0 Å². The Morgan fingerprint density at radius 1 is 1.21 bits per heavy atom. The minimum Gasteiger partial charge on any atom is -0.503 e. The Balaban J connectivity index is 4.76. The molecule has 6 heteroatoms. The van der Waals surface area contributed by atoms with E-state index in [9.17, 15) is 9.59 Å². The molecular weight excluding hydrogens is 192 g/mol. The predicted molar refractivity (Wildman–Crippen MR) is 45.5 cm³/mol. The van der Waals surface area contributed by atoms with E-state index in [0.717, 1.165) is 6.26 Å². The molecule has 0 spiro atoms. The van der Waals surface area contributed by atoms with E-state index in [0.29, 0.717) is 0 Å². The summed E-state index contributed by atoms with van der Waals surface area (Å²) in [6, 6.07) is 0. The third kappa shape index (κ3) is 3.15. The van der Waals surface area contributed by atoms with Crippen LogP contribution in [0.4, 0.5) is 0 Å². The lowest BCUT2D eigenvalue weighted by Gasteiger charge is -2.11. The lowest BCUT2D eigenvalue weighted by Crippen LogP contribution is -2.29. The number of aliphatic carboxylic acids is 1. The van der Waals surface area contributed by atoms with Gasteiger partial charge in [-0.1, -0.05) is 0 Å². The number of carboxylic acids is 1. The van der Waals surface area contributed by atoms with E-state index in [1.54, 1.807) is 0 Å². The van der Waals surface area contributed by atoms with E-state index in [4.69, 9.17) is 5.11 Å². The molecule has 0 saturated carbocycles. The van der Waals surface area contributed by atoms with E-state index in [1.807, 2.05) is 0 Å². The van der Waals surface area contributed by atoms with Crippen molar-refractivity contribution >= 4 is 11.8 Å². The molecule has 0 heterocycles. The first-order valence-electron chi connectivity index (χ1n) is 3.64. The van der Waals surface area contributed by atoms with Crippen LogP contribution in [0.5, 0.6) is 0 Å². The molecule has 0 aliphatic rings. The van der Waals surface area contributed by atoms with Crippen LogP contribution in [0, 0.1) is 0 Å². The van der Waals surface area contributed by atoms with Gasteiger partial charge in [-0.05, 0) is 0 Å². The fourth-order valence-electron chi connectivity index (χ4n) is 0.769. The maximum absolute atomic E-state index is 11.4. The lowest BCUT2D eigenvalue weighted by atomic mass is 10.2. The highest BCUT2D eigenvalue weighted by atomic mass is 16.7. The van der Waals surface area contributed by atoms with Crippen molar-refractivity contribution in [2.75, 3.05) is 21.3 Å². The van der Waals surface area contributed by atoms with E-state index in [1.165, 1.54) is 21.3 Å². The number of hydrogen-bond acceptors (Lipinski definition) is 5. The third-order valence-corrected chi connectivity index (χ3v) is 1.37. The molecule has 0 aliphatic carbocycles. The number of ketones is 1. The average molecular weight is 204 g/mol. The number of carbonyl (C=O) groups is 2. The molecule has 1 N–H and O–H groups in total. The molecule has 0 radical (unpaired) electrons. The summed E-state index contributed by atoms with van der Waals surface area (Å²) in [7, 11) is 3.71. The van der Waals surface area contributed by atoms with E-state index in [2.05, 4.69) is 14.2 Å². The number of carbonyl (C=O) groups excluding carboxylic acids is 1. The van der Waals surface area contributed by atoms with Crippen molar-refractivity contribution in [3.63, 3.8) is 0 Å². The van der Waals surface area contributed by atoms with Crippen molar-refractivity contribution in [3.05, 3.63) is 11.8 Å². The predicted octanol–water partition coefficient (Wildman–Crippen LogP) is -0.211. The first-order valence-corrected chi connectivity index (χ1v) is 3.64. The second kappa shape index (κ2) is 6.11. The number of rotatable bonds is 6. The van der Waals surface area contributed by atoms with Gasteiger partial charge >= 0.3 is 5.97 Å². The van der Waals surface area contributed by atoms with Gasteiger partial charge in [-0.2, -0.15) is 0 Å². The molecule has 0 aromatic heterocycles. The molecule has 0 saturated heterocycles. The Hall–Kier alpha value is -1.40. The molecule has 0 aromatic carbocycles. The normalized spacial score (nSPS) is 11.6. The number of carboxylic acid groups (broad SMARTS) is 1. The SMILES string of the molecule is CO/C=C(\C(=O)O)C(=O)C(OC)OC. The zero-order valence-electron chi connectivity index (χ0n) is 8.14. The monoisotopic (exact) mass is 204 g/mol. The highest BCUT2D eigenvalue weighted by Gasteiger charge is 2.26. The minimum absolute atomic E-state index is 0.527. The maximum atomic E-state index is 11.4. The standard InChI is InChI=1S/C8H12O6/c1-12-4-5(7(10)11)6(9)8(13-2)14-3/h4,8H,1-3H3,(H,10,11)/b5-4-. The summed E-state index contributed by atoms with van der Waals surface area (Å²) in [4.78, 5) is 21.9. The van der Waals surface area contributed by atoms with Crippen LogP contribution in [0.25, 0.3) is 0 Å². The first-order chi connectivity index (χ1) is 6.58. The Kier molecular flexibility index (Phi) is 5.50. The minimum atomic E-state index is -1.39. The van der Waals surface area contributed by atoms with Crippen LogP contribution in [0.3, 0.4) is 0 Å². The molecular formula is C8H12O6. The molecule has 0 unspecified atom stereocenters. The second-order valence-corrected chi connectivity index (χ2v) is 2.24. The molecule has 0 atom stereocenters. The molecule has 14 heavy (non-hydrogen) atoms. The Morgan fingerprint density at radius 2 is 1.71 bits per heavy atom. The van der Waals surface area contributed by atoms with Crippen LogP contribution in [-0.2, 0) is 23.8 Å². The zero-order chi connectivity index (χ0) is 11.1. The van der Waals surface area contributed by atoms with E-state index >= 15 is 0 Å². The molecule has 0 bridgehead atoms. The van der Waals surface area contributed by atoms with Gasteiger partial charge in [-0.15, -0.1) is 0 Å². The van der Waals surface area contributed by atoms with Gasteiger partial charge in [0.05, 0.1) is 7.11 Å². The summed E-state index contributed by atoms with van der Waals surface area (Å²) in [5.74, 6) is -2.19. The van der Waals surface area contributed by atoms with Gasteiger partial charge < -0.3 is 19.3 Å². The van der Waals surface area contributed by atoms with Crippen LogP contribution in [0.15, 0.2) is 11.8 Å². The van der Waals surface area contributed by atoms with Gasteiger partial charge in [0.1, 0.15) is 11.8 Å². The van der Waals surface area contributed by atoms with Crippen molar-refractivity contribution < 1.29 is 28.9 Å². The van der Waals surface area contributed by atoms with Crippen LogP contribution in [0.1, 0.15) is 0 Å². The van der Waals surface area contributed by atoms with Gasteiger partial charge in [-0.25, -0.2) is 4.79 Å². The third-order valence-electron chi connectivity index (χ3n) is 1.37. The fraction of sp³-hybridized carbons (Fsp3) is 0.500. The Labute approximate surface area is 81.1 Å². The maximum Gasteiger partial charge on any atom is 0.342 e. The van der Waals surface area contributed by atoms with Gasteiger partial charge in [0.2, 0.25) is 12.1 Å². The van der Waals surface area contributed by atoms with Crippen LogP contribution in [0.2, 0.25) is 0 Å². The van der Waals surface area contributed by atoms with Crippen molar-refractivity contribution in [2.45, 2.75) is 6.29 Å². The number of methoxy groups -OCH3 is 3. The van der Waals surface area contributed by atoms with E-state index < -0.39 is 23.6 Å². The number of hydrogen-bond donors (Lipinski definition) is 1. The molecule has 0 rings (SSSR count). The fourth-order valence-corrected chi connectivity index (χ4v) is 0.769. The highest BCUT2D eigenvalue weighted by Crippen LogP contribution is 2.05. The summed E-state index contributed by atoms with van der Waals surface area (Å²) in [5.41, 5.74) is -0.527.